The molecule has 1 aromatic carbocycles. The lowest BCUT2D eigenvalue weighted by Gasteiger charge is -2.35. The number of hydrogen-bond donors (Lipinski definition) is 1. The maximum Gasteiger partial charge on any atom is 0.0325 e. The van der Waals surface area contributed by atoms with Crippen LogP contribution < -0.4 is 5.32 Å². The summed E-state index contributed by atoms with van der Waals surface area (Å²) >= 11 is 0. The first-order valence-corrected chi connectivity index (χ1v) is 8.58. The summed E-state index contributed by atoms with van der Waals surface area (Å²) in [6.45, 7) is 4.85. The molecule has 0 heterocycles. The standard InChI is InChI=1S/C19H29N/c1-14-11-12-17(13-15(14)2)20-19-10-6-4-8-16-7-3-5-9-18(16)19/h3,5,7,9,14-15,17,19-20H,4,6,8,10-13H2,1-2H3. The number of aryl methyl sites for hydroxylation is 1. The molecule has 110 valence electrons. The zero-order chi connectivity index (χ0) is 13.9. The van der Waals surface area contributed by atoms with Crippen LogP contribution in [-0.2, 0) is 6.42 Å². The van der Waals surface area contributed by atoms with Crippen LogP contribution in [0.4, 0.5) is 0 Å². The highest BCUT2D eigenvalue weighted by Gasteiger charge is 2.27. The smallest absolute Gasteiger partial charge is 0.0325 e. The fourth-order valence-corrected chi connectivity index (χ4v) is 4.08. The van der Waals surface area contributed by atoms with Crippen molar-refractivity contribution in [3.63, 3.8) is 0 Å². The molecule has 0 amide bonds. The van der Waals surface area contributed by atoms with Crippen LogP contribution in [-0.4, -0.2) is 6.04 Å². The Morgan fingerprint density at radius 2 is 1.80 bits per heavy atom. The molecule has 1 nitrogen and oxygen atoms in total. The van der Waals surface area contributed by atoms with Crippen molar-refractivity contribution in [3.05, 3.63) is 35.4 Å². The maximum absolute atomic E-state index is 4.00. The van der Waals surface area contributed by atoms with Gasteiger partial charge in [-0.3, -0.25) is 0 Å². The molecule has 0 aromatic heterocycles. The molecule has 0 aliphatic heterocycles. The summed E-state index contributed by atoms with van der Waals surface area (Å²) in [5, 5.41) is 4.00. The highest BCUT2D eigenvalue weighted by atomic mass is 15.0. The molecule has 4 unspecified atom stereocenters. The van der Waals surface area contributed by atoms with Gasteiger partial charge in [0.25, 0.3) is 0 Å². The second kappa shape index (κ2) is 6.30. The zero-order valence-electron chi connectivity index (χ0n) is 13.1. The van der Waals surface area contributed by atoms with Gasteiger partial charge in [0.05, 0.1) is 0 Å². The molecule has 1 N–H and O–H groups in total. The van der Waals surface area contributed by atoms with Crippen LogP contribution in [0.5, 0.6) is 0 Å². The maximum atomic E-state index is 4.00. The Hall–Kier alpha value is -0.820. The van der Waals surface area contributed by atoms with Gasteiger partial charge in [0.1, 0.15) is 0 Å². The van der Waals surface area contributed by atoms with E-state index in [4.69, 9.17) is 0 Å². The fraction of sp³-hybridized carbons (Fsp3) is 0.684. The number of nitrogens with one attached hydrogen (secondary N) is 1. The van der Waals surface area contributed by atoms with Gasteiger partial charge in [-0.25, -0.2) is 0 Å². The monoisotopic (exact) mass is 271 g/mol. The van der Waals surface area contributed by atoms with Gasteiger partial charge in [0.15, 0.2) is 0 Å². The van der Waals surface area contributed by atoms with E-state index in [0.717, 1.165) is 17.9 Å². The third-order valence-electron chi connectivity index (χ3n) is 5.65. The predicted octanol–water partition coefficient (Wildman–Crippen LogP) is 4.87. The van der Waals surface area contributed by atoms with Gasteiger partial charge in [0, 0.05) is 12.1 Å². The van der Waals surface area contributed by atoms with Gasteiger partial charge in [-0.15, -0.1) is 0 Å². The normalized spacial score (nSPS) is 34.3. The Labute approximate surface area is 124 Å². The van der Waals surface area contributed by atoms with E-state index in [0.29, 0.717) is 6.04 Å². The van der Waals surface area contributed by atoms with Crippen LogP contribution >= 0.6 is 0 Å². The first-order valence-electron chi connectivity index (χ1n) is 8.58. The molecular formula is C19H29N. The highest BCUT2D eigenvalue weighted by Crippen LogP contribution is 2.33. The van der Waals surface area contributed by atoms with Crippen molar-refractivity contribution in [1.82, 2.24) is 5.32 Å². The molecular weight excluding hydrogens is 242 g/mol. The second-order valence-corrected chi connectivity index (χ2v) is 7.13. The summed E-state index contributed by atoms with van der Waals surface area (Å²) in [5.41, 5.74) is 3.16. The van der Waals surface area contributed by atoms with Crippen LogP contribution in [0.1, 0.15) is 69.5 Å². The lowest BCUT2D eigenvalue weighted by Crippen LogP contribution is -2.38. The van der Waals surface area contributed by atoms with Crippen LogP contribution in [0, 0.1) is 11.8 Å². The topological polar surface area (TPSA) is 12.0 Å². The molecule has 4 atom stereocenters. The largest absolute Gasteiger partial charge is 0.307 e. The summed E-state index contributed by atoms with van der Waals surface area (Å²) in [7, 11) is 0. The van der Waals surface area contributed by atoms with Crippen LogP contribution in [0.25, 0.3) is 0 Å². The first-order chi connectivity index (χ1) is 9.74. The summed E-state index contributed by atoms with van der Waals surface area (Å²) in [5.74, 6) is 1.79. The first kappa shape index (κ1) is 14.1. The number of hydrogen-bond acceptors (Lipinski definition) is 1. The lowest BCUT2D eigenvalue weighted by atomic mass is 9.78. The van der Waals surface area contributed by atoms with Crippen molar-refractivity contribution >= 4 is 0 Å². The van der Waals surface area contributed by atoms with Crippen molar-refractivity contribution in [3.8, 4) is 0 Å². The Balaban J connectivity index is 1.71. The van der Waals surface area contributed by atoms with Crippen molar-refractivity contribution < 1.29 is 0 Å². The van der Waals surface area contributed by atoms with Crippen LogP contribution in [0.3, 0.4) is 0 Å². The minimum Gasteiger partial charge on any atom is -0.307 e. The molecule has 0 saturated heterocycles. The molecule has 20 heavy (non-hydrogen) atoms. The third kappa shape index (κ3) is 3.09. The highest BCUT2D eigenvalue weighted by molar-refractivity contribution is 5.31. The minimum absolute atomic E-state index is 0.597. The molecule has 1 heteroatoms. The summed E-state index contributed by atoms with van der Waals surface area (Å²) in [6.07, 6.45) is 9.43. The molecule has 0 spiro atoms. The van der Waals surface area contributed by atoms with Crippen molar-refractivity contribution in [2.75, 3.05) is 0 Å². The number of fused-ring (bicyclic) bond motifs is 1. The van der Waals surface area contributed by atoms with Crippen molar-refractivity contribution in [2.45, 2.75) is 70.9 Å². The Kier molecular flexibility index (Phi) is 4.45. The van der Waals surface area contributed by atoms with Crippen molar-refractivity contribution in [1.29, 1.82) is 0 Å². The van der Waals surface area contributed by atoms with E-state index in [9.17, 15) is 0 Å². The third-order valence-corrected chi connectivity index (χ3v) is 5.65. The quantitative estimate of drug-likeness (QED) is 0.757. The molecule has 1 aromatic rings. The average molecular weight is 271 g/mol. The number of benzene rings is 1. The van der Waals surface area contributed by atoms with E-state index in [1.165, 1.54) is 44.9 Å². The summed E-state index contributed by atoms with van der Waals surface area (Å²) in [4.78, 5) is 0. The van der Waals surface area contributed by atoms with Crippen LogP contribution in [0.15, 0.2) is 24.3 Å². The van der Waals surface area contributed by atoms with E-state index in [1.807, 2.05) is 0 Å². The predicted molar refractivity (Wildman–Crippen MR) is 85.8 cm³/mol. The van der Waals surface area contributed by atoms with Gasteiger partial charge in [-0.2, -0.15) is 0 Å². The van der Waals surface area contributed by atoms with E-state index < -0.39 is 0 Å². The Morgan fingerprint density at radius 3 is 2.65 bits per heavy atom. The Bertz CT molecular complexity index is 439. The average Bonchev–Trinajstić information content (AvgIpc) is 2.66. The zero-order valence-corrected chi connectivity index (χ0v) is 13.1. The van der Waals surface area contributed by atoms with E-state index >= 15 is 0 Å². The van der Waals surface area contributed by atoms with Crippen LogP contribution in [0.2, 0.25) is 0 Å². The summed E-state index contributed by atoms with van der Waals surface area (Å²) in [6, 6.07) is 10.4. The molecule has 1 saturated carbocycles. The van der Waals surface area contributed by atoms with E-state index in [-0.39, 0.29) is 0 Å². The van der Waals surface area contributed by atoms with Gasteiger partial charge in [-0.1, -0.05) is 44.5 Å². The van der Waals surface area contributed by atoms with Gasteiger partial charge >= 0.3 is 0 Å². The van der Waals surface area contributed by atoms with Crippen molar-refractivity contribution in [2.24, 2.45) is 11.8 Å². The number of rotatable bonds is 2. The molecule has 3 rings (SSSR count). The molecule has 2 aliphatic rings. The Morgan fingerprint density at radius 1 is 0.950 bits per heavy atom. The van der Waals surface area contributed by atoms with E-state index in [2.05, 4.69) is 43.4 Å². The fourth-order valence-electron chi connectivity index (χ4n) is 4.08. The molecule has 1 fully saturated rings. The van der Waals surface area contributed by atoms with Gasteiger partial charge in [0.2, 0.25) is 0 Å². The minimum atomic E-state index is 0.597. The van der Waals surface area contributed by atoms with Gasteiger partial charge in [-0.05, 0) is 61.5 Å². The SMILES string of the molecule is CC1CCC(NC2CCCCc3ccccc32)CC1C. The lowest BCUT2D eigenvalue weighted by molar-refractivity contribution is 0.212. The summed E-state index contributed by atoms with van der Waals surface area (Å²) < 4.78 is 0. The second-order valence-electron chi connectivity index (χ2n) is 7.13. The molecule has 2 aliphatic carbocycles. The van der Waals surface area contributed by atoms with E-state index in [1.54, 1.807) is 11.1 Å². The van der Waals surface area contributed by atoms with Gasteiger partial charge < -0.3 is 5.32 Å². The molecule has 0 radical (unpaired) electrons. The molecule has 0 bridgehead atoms.